The van der Waals surface area contributed by atoms with Gasteiger partial charge in [0.2, 0.25) is 0 Å². The van der Waals surface area contributed by atoms with Gasteiger partial charge in [0.15, 0.2) is 5.78 Å². The van der Waals surface area contributed by atoms with E-state index in [-0.39, 0.29) is 13.2 Å². The summed E-state index contributed by atoms with van der Waals surface area (Å²) >= 11 is 0. The Bertz CT molecular complexity index is 743. The lowest BCUT2D eigenvalue weighted by Gasteiger charge is -2.24. The average Bonchev–Trinajstić information content (AvgIpc) is 2.66. The Morgan fingerprint density at radius 1 is 1.08 bits per heavy atom. The zero-order chi connectivity index (χ0) is 19.1. The van der Waals surface area contributed by atoms with Crippen molar-refractivity contribution in [3.63, 3.8) is 0 Å². The number of rotatable bonds is 8. The number of hydrogen-bond acceptors (Lipinski definition) is 5. The molecule has 0 saturated carbocycles. The Labute approximate surface area is 151 Å². The third-order valence-electron chi connectivity index (χ3n) is 4.15. The van der Waals surface area contributed by atoms with E-state index in [0.29, 0.717) is 16.9 Å². The van der Waals surface area contributed by atoms with Crippen molar-refractivity contribution in [3.8, 4) is 5.75 Å². The lowest BCUT2D eigenvalue weighted by Crippen LogP contribution is -2.35. The molecular formula is C20H22FNO4. The van der Waals surface area contributed by atoms with Crippen LogP contribution in [0.2, 0.25) is 0 Å². The molecule has 2 aromatic carbocycles. The number of ketones is 1. The molecule has 0 aromatic heterocycles. The van der Waals surface area contributed by atoms with E-state index in [1.54, 1.807) is 31.2 Å². The summed E-state index contributed by atoms with van der Waals surface area (Å²) in [7, 11) is 1.53. The van der Waals surface area contributed by atoms with Crippen LogP contribution in [0, 0.1) is 11.7 Å². The van der Waals surface area contributed by atoms with Crippen LogP contribution in [0.5, 0.6) is 5.75 Å². The maximum absolute atomic E-state index is 13.2. The van der Waals surface area contributed by atoms with E-state index in [9.17, 15) is 14.0 Å². The Kier molecular flexibility index (Phi) is 6.86. The fraction of sp³-hybridized carbons (Fsp3) is 0.300. The number of ether oxygens (including phenoxy) is 2. The number of nitrogens with two attached hydrogens (primary N) is 1. The van der Waals surface area contributed by atoms with Crippen LogP contribution < -0.4 is 10.5 Å². The topological polar surface area (TPSA) is 78.6 Å². The molecule has 2 atom stereocenters. The first-order valence-electron chi connectivity index (χ1n) is 8.32. The SMILES string of the molecule is CCOC(=O)C(C(=O)c1ccc(OC)cc1)C(CN)c1ccc(F)cc1. The van der Waals surface area contributed by atoms with Crippen molar-refractivity contribution in [3.05, 3.63) is 65.5 Å². The number of carbonyl (C=O) groups is 2. The maximum Gasteiger partial charge on any atom is 0.317 e. The predicted molar refractivity (Wildman–Crippen MR) is 95.6 cm³/mol. The van der Waals surface area contributed by atoms with Crippen LogP contribution in [0.4, 0.5) is 4.39 Å². The Balaban J connectivity index is 2.41. The Hall–Kier alpha value is -2.73. The third-order valence-corrected chi connectivity index (χ3v) is 4.15. The molecular weight excluding hydrogens is 337 g/mol. The smallest absolute Gasteiger partial charge is 0.317 e. The van der Waals surface area contributed by atoms with Crippen molar-refractivity contribution in [2.75, 3.05) is 20.3 Å². The highest BCUT2D eigenvalue weighted by atomic mass is 19.1. The number of methoxy groups -OCH3 is 1. The van der Waals surface area contributed by atoms with Crippen LogP contribution in [0.1, 0.15) is 28.8 Å². The van der Waals surface area contributed by atoms with Gasteiger partial charge in [-0.15, -0.1) is 0 Å². The minimum atomic E-state index is -1.11. The van der Waals surface area contributed by atoms with E-state index < -0.39 is 29.4 Å². The minimum Gasteiger partial charge on any atom is -0.497 e. The Morgan fingerprint density at radius 2 is 1.69 bits per heavy atom. The highest BCUT2D eigenvalue weighted by Crippen LogP contribution is 2.29. The summed E-state index contributed by atoms with van der Waals surface area (Å²) in [6.07, 6.45) is 0. The molecule has 2 rings (SSSR count). The van der Waals surface area contributed by atoms with Gasteiger partial charge in [-0.05, 0) is 48.9 Å². The van der Waals surface area contributed by atoms with E-state index in [2.05, 4.69) is 0 Å². The molecule has 0 heterocycles. The second-order valence-electron chi connectivity index (χ2n) is 5.72. The van der Waals surface area contributed by atoms with E-state index in [1.807, 2.05) is 0 Å². The summed E-state index contributed by atoms with van der Waals surface area (Å²) in [5.74, 6) is -2.58. The molecule has 0 aliphatic rings. The molecule has 2 aromatic rings. The van der Waals surface area contributed by atoms with E-state index in [0.717, 1.165) is 0 Å². The molecule has 0 bridgehead atoms. The predicted octanol–water partition coefficient (Wildman–Crippen LogP) is 2.94. The fourth-order valence-corrected chi connectivity index (χ4v) is 2.80. The monoisotopic (exact) mass is 359 g/mol. The average molecular weight is 359 g/mol. The zero-order valence-corrected chi connectivity index (χ0v) is 14.8. The molecule has 26 heavy (non-hydrogen) atoms. The summed E-state index contributed by atoms with van der Waals surface area (Å²) < 4.78 is 23.4. The molecule has 0 amide bonds. The summed E-state index contributed by atoms with van der Waals surface area (Å²) in [5, 5.41) is 0. The number of hydrogen-bond donors (Lipinski definition) is 1. The molecule has 6 heteroatoms. The van der Waals surface area contributed by atoms with Gasteiger partial charge < -0.3 is 15.2 Å². The second kappa shape index (κ2) is 9.10. The van der Waals surface area contributed by atoms with Gasteiger partial charge in [0.05, 0.1) is 13.7 Å². The quantitative estimate of drug-likeness (QED) is 0.445. The second-order valence-corrected chi connectivity index (χ2v) is 5.72. The summed E-state index contributed by atoms with van der Waals surface area (Å²) in [6.45, 7) is 1.85. The Morgan fingerprint density at radius 3 is 2.19 bits per heavy atom. The molecule has 0 aliphatic carbocycles. The molecule has 0 spiro atoms. The molecule has 0 fully saturated rings. The third kappa shape index (κ3) is 4.46. The molecule has 5 nitrogen and oxygen atoms in total. The van der Waals surface area contributed by atoms with E-state index in [4.69, 9.17) is 15.2 Å². The summed E-state index contributed by atoms with van der Waals surface area (Å²) in [5.41, 5.74) is 6.82. The minimum absolute atomic E-state index is 0.0387. The van der Waals surface area contributed by atoms with Crippen LogP contribution in [-0.4, -0.2) is 32.0 Å². The molecule has 0 saturated heterocycles. The number of Topliss-reactive ketones (excluding diaryl/α,β-unsaturated/α-hetero) is 1. The first kappa shape index (κ1) is 19.6. The van der Waals surface area contributed by atoms with E-state index >= 15 is 0 Å². The number of halogens is 1. The van der Waals surface area contributed by atoms with Crippen molar-refractivity contribution in [2.24, 2.45) is 11.7 Å². The van der Waals surface area contributed by atoms with Gasteiger partial charge in [-0.2, -0.15) is 0 Å². The normalized spacial score (nSPS) is 12.9. The lowest BCUT2D eigenvalue weighted by molar-refractivity contribution is -0.146. The van der Waals surface area contributed by atoms with Gasteiger partial charge in [-0.1, -0.05) is 12.1 Å². The first-order valence-corrected chi connectivity index (χ1v) is 8.32. The van der Waals surface area contributed by atoms with E-state index in [1.165, 1.54) is 31.4 Å². The molecule has 2 unspecified atom stereocenters. The van der Waals surface area contributed by atoms with Crippen LogP contribution in [-0.2, 0) is 9.53 Å². The van der Waals surface area contributed by atoms with Gasteiger partial charge in [0.25, 0.3) is 0 Å². The van der Waals surface area contributed by atoms with Crippen molar-refractivity contribution < 1.29 is 23.5 Å². The highest BCUT2D eigenvalue weighted by Gasteiger charge is 2.36. The van der Waals surface area contributed by atoms with Gasteiger partial charge in [0, 0.05) is 18.0 Å². The first-order chi connectivity index (χ1) is 12.5. The van der Waals surface area contributed by atoms with Crippen LogP contribution in [0.25, 0.3) is 0 Å². The fourth-order valence-electron chi connectivity index (χ4n) is 2.80. The highest BCUT2D eigenvalue weighted by molar-refractivity contribution is 6.09. The summed E-state index contributed by atoms with van der Waals surface area (Å²) in [4.78, 5) is 25.6. The van der Waals surface area contributed by atoms with Gasteiger partial charge in [-0.3, -0.25) is 9.59 Å². The number of benzene rings is 2. The molecule has 138 valence electrons. The molecule has 2 N–H and O–H groups in total. The van der Waals surface area contributed by atoms with Crippen molar-refractivity contribution in [2.45, 2.75) is 12.8 Å². The van der Waals surface area contributed by atoms with Gasteiger partial charge in [0.1, 0.15) is 17.5 Å². The van der Waals surface area contributed by atoms with Crippen molar-refractivity contribution >= 4 is 11.8 Å². The lowest BCUT2D eigenvalue weighted by atomic mass is 9.81. The van der Waals surface area contributed by atoms with Crippen molar-refractivity contribution in [1.29, 1.82) is 0 Å². The van der Waals surface area contributed by atoms with Crippen LogP contribution in [0.15, 0.2) is 48.5 Å². The molecule has 0 aliphatic heterocycles. The van der Waals surface area contributed by atoms with Crippen molar-refractivity contribution in [1.82, 2.24) is 0 Å². The molecule has 0 radical (unpaired) electrons. The van der Waals surface area contributed by atoms with Gasteiger partial charge >= 0.3 is 5.97 Å². The summed E-state index contributed by atoms with van der Waals surface area (Å²) in [6, 6.07) is 12.1. The largest absolute Gasteiger partial charge is 0.497 e. The van der Waals surface area contributed by atoms with Crippen LogP contribution >= 0.6 is 0 Å². The maximum atomic E-state index is 13.2. The number of carbonyl (C=O) groups excluding carboxylic acids is 2. The van der Waals surface area contributed by atoms with Gasteiger partial charge in [-0.25, -0.2) is 4.39 Å². The zero-order valence-electron chi connectivity index (χ0n) is 14.8. The standard InChI is InChI=1S/C20H22FNO4/c1-3-26-20(24)18(17(12-22)13-4-8-15(21)9-5-13)19(23)14-6-10-16(25-2)11-7-14/h4-11,17-18H,3,12,22H2,1-2H3. The van der Waals surface area contributed by atoms with Crippen LogP contribution in [0.3, 0.4) is 0 Å². The number of esters is 1.